The molecule has 1 unspecified atom stereocenters. The van der Waals surface area contributed by atoms with Gasteiger partial charge in [-0.05, 0) is 25.7 Å². The Balaban J connectivity index is 2.23. The molecule has 1 aliphatic carbocycles. The highest BCUT2D eigenvalue weighted by Gasteiger charge is 2.53. The van der Waals surface area contributed by atoms with E-state index in [1.807, 2.05) is 13.8 Å². The van der Waals surface area contributed by atoms with Crippen LogP contribution in [0.25, 0.3) is 0 Å². The second-order valence-corrected chi connectivity index (χ2v) is 6.83. The minimum atomic E-state index is -0.923. The first-order valence-electron chi connectivity index (χ1n) is 7.31. The first-order valence-corrected chi connectivity index (χ1v) is 7.31. The molecule has 5 nitrogen and oxygen atoms in total. The van der Waals surface area contributed by atoms with E-state index in [2.05, 4.69) is 0 Å². The highest BCUT2D eigenvalue weighted by atomic mass is 16.4. The van der Waals surface area contributed by atoms with Crippen LogP contribution in [0, 0.1) is 16.7 Å². The van der Waals surface area contributed by atoms with E-state index in [9.17, 15) is 19.5 Å². The molecule has 112 valence electrons. The van der Waals surface area contributed by atoms with Gasteiger partial charge in [0.15, 0.2) is 0 Å². The minimum Gasteiger partial charge on any atom is -0.481 e. The Morgan fingerprint density at radius 1 is 1.30 bits per heavy atom. The van der Waals surface area contributed by atoms with Crippen LogP contribution in [0.2, 0.25) is 0 Å². The number of likely N-dealkylation sites (tertiary alicyclic amines) is 1. The van der Waals surface area contributed by atoms with Crippen LogP contribution >= 0.6 is 0 Å². The van der Waals surface area contributed by atoms with Crippen molar-refractivity contribution >= 4 is 17.8 Å². The Kier molecular flexibility index (Phi) is 3.65. The third kappa shape index (κ3) is 2.13. The number of amides is 2. The largest absolute Gasteiger partial charge is 0.481 e. The highest BCUT2D eigenvalue weighted by molar-refractivity contribution is 6.06. The fourth-order valence-electron chi connectivity index (χ4n) is 3.31. The number of hydrogen-bond acceptors (Lipinski definition) is 3. The van der Waals surface area contributed by atoms with E-state index in [1.54, 1.807) is 6.92 Å². The van der Waals surface area contributed by atoms with Gasteiger partial charge in [0.05, 0.1) is 10.8 Å². The number of aliphatic carboxylic acids is 1. The van der Waals surface area contributed by atoms with Gasteiger partial charge in [0.1, 0.15) is 0 Å². The van der Waals surface area contributed by atoms with E-state index >= 15 is 0 Å². The lowest BCUT2D eigenvalue weighted by Gasteiger charge is -2.31. The SMILES string of the molecule is CC(C)C1(C)CC(=O)N(CC2(C(=O)O)CCCC2)C1=O. The smallest absolute Gasteiger partial charge is 0.311 e. The monoisotopic (exact) mass is 281 g/mol. The first kappa shape index (κ1) is 15.0. The molecule has 1 N–H and O–H groups in total. The van der Waals surface area contributed by atoms with E-state index in [4.69, 9.17) is 0 Å². The topological polar surface area (TPSA) is 74.7 Å². The lowest BCUT2D eigenvalue weighted by molar-refractivity contribution is -0.153. The second kappa shape index (κ2) is 4.86. The normalized spacial score (nSPS) is 29.5. The third-order valence-electron chi connectivity index (χ3n) is 5.30. The molecule has 1 aliphatic heterocycles. The molecule has 2 amide bonds. The van der Waals surface area contributed by atoms with Crippen LogP contribution in [-0.2, 0) is 14.4 Å². The summed E-state index contributed by atoms with van der Waals surface area (Å²) < 4.78 is 0. The van der Waals surface area contributed by atoms with Crippen LogP contribution in [-0.4, -0.2) is 34.3 Å². The maximum absolute atomic E-state index is 12.5. The number of carbonyl (C=O) groups is 3. The van der Waals surface area contributed by atoms with Crippen molar-refractivity contribution in [3.05, 3.63) is 0 Å². The van der Waals surface area contributed by atoms with Crippen LogP contribution in [0.4, 0.5) is 0 Å². The maximum Gasteiger partial charge on any atom is 0.311 e. The molecule has 2 fully saturated rings. The standard InChI is InChI=1S/C15H23NO4/c1-10(2)14(3)8-11(17)16(12(14)18)9-15(13(19)20)6-4-5-7-15/h10H,4-9H2,1-3H3,(H,19,20). The van der Waals surface area contributed by atoms with Gasteiger partial charge in [-0.2, -0.15) is 0 Å². The molecule has 5 heteroatoms. The number of carbonyl (C=O) groups excluding carboxylic acids is 2. The molecule has 1 saturated heterocycles. The number of imide groups is 1. The Hall–Kier alpha value is -1.39. The zero-order chi connectivity index (χ0) is 15.1. The van der Waals surface area contributed by atoms with Gasteiger partial charge >= 0.3 is 5.97 Å². The summed E-state index contributed by atoms with van der Waals surface area (Å²) in [6.45, 7) is 5.71. The lowest BCUT2D eigenvalue weighted by atomic mass is 9.77. The Labute approximate surface area is 119 Å². The van der Waals surface area contributed by atoms with E-state index in [0.717, 1.165) is 12.8 Å². The number of carboxylic acid groups (broad SMARTS) is 1. The number of nitrogens with zero attached hydrogens (tertiary/aromatic N) is 1. The van der Waals surface area contributed by atoms with Crippen molar-refractivity contribution in [3.63, 3.8) is 0 Å². The molecule has 0 bridgehead atoms. The highest BCUT2D eigenvalue weighted by Crippen LogP contribution is 2.44. The van der Waals surface area contributed by atoms with Gasteiger partial charge in [0.2, 0.25) is 11.8 Å². The number of rotatable bonds is 4. The predicted octanol–water partition coefficient (Wildman–Crippen LogP) is 2.05. The summed E-state index contributed by atoms with van der Waals surface area (Å²) in [6, 6.07) is 0. The van der Waals surface area contributed by atoms with Gasteiger partial charge in [0, 0.05) is 13.0 Å². The minimum absolute atomic E-state index is 0.0440. The summed E-state index contributed by atoms with van der Waals surface area (Å²) in [5, 5.41) is 9.49. The van der Waals surface area contributed by atoms with E-state index in [0.29, 0.717) is 12.8 Å². The van der Waals surface area contributed by atoms with Crippen molar-refractivity contribution in [2.24, 2.45) is 16.7 Å². The fourth-order valence-corrected chi connectivity index (χ4v) is 3.31. The molecule has 2 rings (SSSR count). The Bertz CT molecular complexity index is 451. The fraction of sp³-hybridized carbons (Fsp3) is 0.800. The molecule has 0 spiro atoms. The van der Waals surface area contributed by atoms with E-state index in [1.165, 1.54) is 4.90 Å². The van der Waals surface area contributed by atoms with Gasteiger partial charge < -0.3 is 5.11 Å². The number of hydrogen-bond donors (Lipinski definition) is 1. The second-order valence-electron chi connectivity index (χ2n) is 6.83. The van der Waals surface area contributed by atoms with Crippen molar-refractivity contribution in [3.8, 4) is 0 Å². The van der Waals surface area contributed by atoms with Crippen molar-refractivity contribution < 1.29 is 19.5 Å². The van der Waals surface area contributed by atoms with Crippen molar-refractivity contribution in [2.75, 3.05) is 6.54 Å². The summed E-state index contributed by atoms with van der Waals surface area (Å²) in [4.78, 5) is 37.5. The molecule has 20 heavy (non-hydrogen) atoms. The molecular weight excluding hydrogens is 258 g/mol. The van der Waals surface area contributed by atoms with Gasteiger partial charge in [-0.15, -0.1) is 0 Å². The van der Waals surface area contributed by atoms with Crippen LogP contribution in [0.3, 0.4) is 0 Å². The van der Waals surface area contributed by atoms with Crippen molar-refractivity contribution in [1.82, 2.24) is 4.90 Å². The average Bonchev–Trinajstić information content (AvgIpc) is 2.91. The molecular formula is C15H23NO4. The Morgan fingerprint density at radius 2 is 1.85 bits per heavy atom. The molecule has 1 saturated carbocycles. The lowest BCUT2D eigenvalue weighted by Crippen LogP contribution is -2.46. The molecule has 0 radical (unpaired) electrons. The average molecular weight is 281 g/mol. The predicted molar refractivity (Wildman–Crippen MR) is 72.8 cm³/mol. The first-order chi connectivity index (χ1) is 9.23. The van der Waals surface area contributed by atoms with E-state index in [-0.39, 0.29) is 30.7 Å². The molecule has 1 heterocycles. The van der Waals surface area contributed by atoms with E-state index < -0.39 is 16.8 Å². The molecule has 2 aliphatic rings. The third-order valence-corrected chi connectivity index (χ3v) is 5.30. The van der Waals surface area contributed by atoms with Crippen LogP contribution in [0.5, 0.6) is 0 Å². The zero-order valence-corrected chi connectivity index (χ0v) is 12.4. The Morgan fingerprint density at radius 3 is 2.25 bits per heavy atom. The maximum atomic E-state index is 12.5. The number of carboxylic acids is 1. The summed E-state index contributed by atoms with van der Waals surface area (Å²) in [5.41, 5.74) is -1.61. The summed E-state index contributed by atoms with van der Waals surface area (Å²) >= 11 is 0. The van der Waals surface area contributed by atoms with Crippen molar-refractivity contribution in [1.29, 1.82) is 0 Å². The molecule has 0 aromatic rings. The van der Waals surface area contributed by atoms with Crippen LogP contribution in [0.15, 0.2) is 0 Å². The van der Waals surface area contributed by atoms with Crippen LogP contribution < -0.4 is 0 Å². The zero-order valence-electron chi connectivity index (χ0n) is 12.4. The molecule has 0 aromatic carbocycles. The van der Waals surface area contributed by atoms with Gasteiger partial charge in [-0.1, -0.05) is 26.7 Å². The quantitative estimate of drug-likeness (QED) is 0.800. The van der Waals surface area contributed by atoms with Crippen molar-refractivity contribution in [2.45, 2.75) is 52.9 Å². The van der Waals surface area contributed by atoms with Crippen LogP contribution in [0.1, 0.15) is 52.9 Å². The summed E-state index contributed by atoms with van der Waals surface area (Å²) in [5.74, 6) is -1.24. The summed E-state index contributed by atoms with van der Waals surface area (Å²) in [6.07, 6.45) is 3.00. The molecule has 0 aromatic heterocycles. The van der Waals surface area contributed by atoms with Gasteiger partial charge in [-0.25, -0.2) is 0 Å². The van der Waals surface area contributed by atoms with Gasteiger partial charge in [-0.3, -0.25) is 19.3 Å². The van der Waals surface area contributed by atoms with Gasteiger partial charge in [0.25, 0.3) is 0 Å². The molecule has 1 atom stereocenters. The summed E-state index contributed by atoms with van der Waals surface area (Å²) in [7, 11) is 0.